The Kier molecular flexibility index (Phi) is 4.44. The van der Waals surface area contributed by atoms with Crippen LogP contribution >= 0.6 is 11.8 Å². The molecule has 1 N–H and O–H groups in total. The highest BCUT2D eigenvalue weighted by atomic mass is 32.2. The fourth-order valence-electron chi connectivity index (χ4n) is 2.47. The van der Waals surface area contributed by atoms with Crippen molar-refractivity contribution in [2.45, 2.75) is 35.3 Å². The van der Waals surface area contributed by atoms with Crippen LogP contribution in [0.3, 0.4) is 0 Å². The number of hydrogen-bond donors (Lipinski definition) is 1. The Bertz CT molecular complexity index is 616. The van der Waals surface area contributed by atoms with E-state index in [1.165, 1.54) is 23.9 Å². The van der Waals surface area contributed by atoms with E-state index in [1.807, 2.05) is 6.07 Å². The summed E-state index contributed by atoms with van der Waals surface area (Å²) in [5, 5.41) is 7.02. The fourth-order valence-corrected chi connectivity index (χ4v) is 3.70. The molecule has 2 aromatic rings. The molecule has 1 saturated heterocycles. The number of ether oxygens (including phenoxy) is 1. The average Bonchev–Trinajstić information content (AvgIpc) is 3.01. The lowest BCUT2D eigenvalue weighted by Gasteiger charge is -2.28. The molecule has 0 amide bonds. The molecule has 2 atom stereocenters. The van der Waals surface area contributed by atoms with Crippen molar-refractivity contribution in [3.63, 3.8) is 0 Å². The second-order valence-corrected chi connectivity index (χ2v) is 6.54. The predicted molar refractivity (Wildman–Crippen MR) is 77.6 cm³/mol. The number of nitrogens with one attached hydrogen (secondary N) is 1. The summed E-state index contributed by atoms with van der Waals surface area (Å²) in [6, 6.07) is 7.35. The molecule has 3 rings (SSSR count). The average molecular weight is 328 g/mol. The first kappa shape index (κ1) is 15.4. The number of H-pyrrole nitrogens is 1. The van der Waals surface area contributed by atoms with Gasteiger partial charge in [0.05, 0.1) is 17.4 Å². The van der Waals surface area contributed by atoms with Crippen LogP contribution in [0, 0.1) is 0 Å². The molecule has 0 aliphatic carbocycles. The first-order chi connectivity index (χ1) is 10.5. The SMILES string of the molecule is FC(F)(F)c1cccc(SC2CCOC(c3ccn[nH]3)C2)c1. The predicted octanol–water partition coefficient (Wildman–Crippen LogP) is 4.44. The van der Waals surface area contributed by atoms with Crippen LogP contribution in [0.25, 0.3) is 0 Å². The van der Waals surface area contributed by atoms with Crippen LogP contribution in [0.5, 0.6) is 0 Å². The van der Waals surface area contributed by atoms with Crippen molar-refractivity contribution in [2.75, 3.05) is 6.61 Å². The number of thioether (sulfide) groups is 1. The summed E-state index contributed by atoms with van der Waals surface area (Å²) < 4.78 is 44.0. The number of benzene rings is 1. The largest absolute Gasteiger partial charge is 0.416 e. The number of hydrogen-bond acceptors (Lipinski definition) is 3. The van der Waals surface area contributed by atoms with Gasteiger partial charge in [-0.1, -0.05) is 6.07 Å². The van der Waals surface area contributed by atoms with E-state index >= 15 is 0 Å². The molecule has 1 fully saturated rings. The van der Waals surface area contributed by atoms with Gasteiger partial charge in [-0.3, -0.25) is 5.10 Å². The van der Waals surface area contributed by atoms with Crippen molar-refractivity contribution < 1.29 is 17.9 Å². The van der Waals surface area contributed by atoms with E-state index in [1.54, 1.807) is 12.3 Å². The molecule has 1 aromatic heterocycles. The second kappa shape index (κ2) is 6.34. The van der Waals surface area contributed by atoms with Gasteiger partial charge < -0.3 is 4.74 Å². The summed E-state index contributed by atoms with van der Waals surface area (Å²) in [7, 11) is 0. The first-order valence-corrected chi connectivity index (χ1v) is 7.85. The highest BCUT2D eigenvalue weighted by molar-refractivity contribution is 8.00. The maximum absolute atomic E-state index is 12.8. The van der Waals surface area contributed by atoms with Gasteiger partial charge in [0.1, 0.15) is 0 Å². The summed E-state index contributed by atoms with van der Waals surface area (Å²) in [6.45, 7) is 0.598. The third kappa shape index (κ3) is 3.64. The molecular weight excluding hydrogens is 313 g/mol. The van der Waals surface area contributed by atoms with Crippen LogP contribution in [0.4, 0.5) is 13.2 Å². The highest BCUT2D eigenvalue weighted by Crippen LogP contribution is 2.38. The van der Waals surface area contributed by atoms with E-state index in [2.05, 4.69) is 10.2 Å². The number of aromatic amines is 1. The fraction of sp³-hybridized carbons (Fsp3) is 0.400. The Labute approximate surface area is 130 Å². The number of aromatic nitrogens is 2. The van der Waals surface area contributed by atoms with Crippen LogP contribution in [0.15, 0.2) is 41.4 Å². The maximum atomic E-state index is 12.8. The van der Waals surface area contributed by atoms with Crippen LogP contribution in [-0.4, -0.2) is 22.1 Å². The minimum atomic E-state index is -4.30. The van der Waals surface area contributed by atoms with E-state index in [-0.39, 0.29) is 11.4 Å². The lowest BCUT2D eigenvalue weighted by atomic mass is 10.1. The first-order valence-electron chi connectivity index (χ1n) is 6.97. The van der Waals surface area contributed by atoms with Gasteiger partial charge in [0.15, 0.2) is 0 Å². The Hall–Kier alpha value is -1.47. The van der Waals surface area contributed by atoms with Crippen LogP contribution in [-0.2, 0) is 10.9 Å². The molecule has 0 spiro atoms. The maximum Gasteiger partial charge on any atom is 0.416 e. The molecule has 1 aromatic carbocycles. The standard InChI is InChI=1S/C15H15F3N2OS/c16-15(17,18)10-2-1-3-11(8-10)22-12-5-7-21-14(9-12)13-4-6-19-20-13/h1-4,6,8,12,14H,5,7,9H2,(H,19,20). The topological polar surface area (TPSA) is 37.9 Å². The van der Waals surface area contributed by atoms with Gasteiger partial charge in [0.25, 0.3) is 0 Å². The van der Waals surface area contributed by atoms with Gasteiger partial charge >= 0.3 is 6.18 Å². The van der Waals surface area contributed by atoms with Gasteiger partial charge in [-0.15, -0.1) is 11.8 Å². The summed E-state index contributed by atoms with van der Waals surface area (Å²) in [5.74, 6) is 0. The number of nitrogens with zero attached hydrogens (tertiary/aromatic N) is 1. The van der Waals surface area contributed by atoms with Crippen molar-refractivity contribution in [1.29, 1.82) is 0 Å². The number of halogens is 3. The van der Waals surface area contributed by atoms with E-state index in [0.29, 0.717) is 11.5 Å². The van der Waals surface area contributed by atoms with Crippen LogP contribution < -0.4 is 0 Å². The Balaban J connectivity index is 1.68. The van der Waals surface area contributed by atoms with Crippen LogP contribution in [0.1, 0.15) is 30.2 Å². The van der Waals surface area contributed by atoms with Gasteiger partial charge in [0, 0.05) is 22.9 Å². The molecule has 118 valence electrons. The third-order valence-corrected chi connectivity index (χ3v) is 4.86. The van der Waals surface area contributed by atoms with E-state index < -0.39 is 11.7 Å². The molecule has 0 radical (unpaired) electrons. The molecule has 0 saturated carbocycles. The van der Waals surface area contributed by atoms with Crippen molar-refractivity contribution in [1.82, 2.24) is 10.2 Å². The molecule has 2 unspecified atom stereocenters. The van der Waals surface area contributed by atoms with Gasteiger partial charge in [-0.25, -0.2) is 0 Å². The lowest BCUT2D eigenvalue weighted by molar-refractivity contribution is -0.137. The van der Waals surface area contributed by atoms with E-state index in [0.717, 1.165) is 24.6 Å². The summed E-state index contributed by atoms with van der Waals surface area (Å²) >= 11 is 1.48. The normalized spacial score (nSPS) is 22.7. The smallest absolute Gasteiger partial charge is 0.372 e. The van der Waals surface area contributed by atoms with Gasteiger partial charge in [-0.2, -0.15) is 18.3 Å². The molecule has 1 aliphatic heterocycles. The highest BCUT2D eigenvalue weighted by Gasteiger charge is 2.31. The Morgan fingerprint density at radius 2 is 2.14 bits per heavy atom. The van der Waals surface area contributed by atoms with Crippen LogP contribution in [0.2, 0.25) is 0 Å². The van der Waals surface area contributed by atoms with E-state index in [4.69, 9.17) is 4.74 Å². The zero-order chi connectivity index (χ0) is 15.6. The molecule has 0 bridgehead atoms. The van der Waals surface area contributed by atoms with Gasteiger partial charge in [0.2, 0.25) is 0 Å². The Morgan fingerprint density at radius 3 is 2.86 bits per heavy atom. The molecule has 22 heavy (non-hydrogen) atoms. The molecular formula is C15H15F3N2OS. The van der Waals surface area contributed by atoms with Crippen molar-refractivity contribution >= 4 is 11.8 Å². The molecule has 2 heterocycles. The van der Waals surface area contributed by atoms with Gasteiger partial charge in [-0.05, 0) is 37.1 Å². The minimum Gasteiger partial charge on any atom is -0.372 e. The minimum absolute atomic E-state index is 0.0699. The number of alkyl halides is 3. The van der Waals surface area contributed by atoms with Crippen molar-refractivity contribution in [3.8, 4) is 0 Å². The quantitative estimate of drug-likeness (QED) is 0.905. The zero-order valence-corrected chi connectivity index (χ0v) is 12.5. The Morgan fingerprint density at radius 1 is 1.27 bits per heavy atom. The zero-order valence-electron chi connectivity index (χ0n) is 11.6. The molecule has 3 nitrogen and oxygen atoms in total. The third-order valence-electron chi connectivity index (χ3n) is 3.57. The summed E-state index contributed by atoms with van der Waals surface area (Å²) in [5.41, 5.74) is 0.309. The van der Waals surface area contributed by atoms with Crippen molar-refractivity contribution in [2.24, 2.45) is 0 Å². The molecule has 1 aliphatic rings. The lowest BCUT2D eigenvalue weighted by Crippen LogP contribution is -2.21. The monoisotopic (exact) mass is 328 g/mol. The number of rotatable bonds is 3. The van der Waals surface area contributed by atoms with Crippen molar-refractivity contribution in [3.05, 3.63) is 47.8 Å². The van der Waals surface area contributed by atoms with E-state index in [9.17, 15) is 13.2 Å². The summed E-state index contributed by atoms with van der Waals surface area (Å²) in [6.07, 6.45) is -1.12. The summed E-state index contributed by atoms with van der Waals surface area (Å²) in [4.78, 5) is 0.644. The second-order valence-electron chi connectivity index (χ2n) is 5.16. The molecule has 7 heteroatoms.